The summed E-state index contributed by atoms with van der Waals surface area (Å²) in [5.41, 5.74) is 0.0424. The maximum Gasteiger partial charge on any atom is 0.303 e. The molecule has 0 aliphatic rings. The Morgan fingerprint density at radius 2 is 1.81 bits per heavy atom. The Balaban J connectivity index is 1.83. The highest BCUT2D eigenvalue weighted by Gasteiger charge is 2.12. The zero-order chi connectivity index (χ0) is 23.3. The number of hydrogen-bond donors (Lipinski definition) is 3. The number of azo groups is 1. The van der Waals surface area contributed by atoms with Crippen LogP contribution in [0.3, 0.4) is 0 Å². The van der Waals surface area contributed by atoms with Gasteiger partial charge in [0.15, 0.2) is 5.69 Å². The SMILES string of the molecule is Cc1[nH]n(CCCC(=O)O)c(=O)c1N=Nc1cccc(/C=C/c2c(F)cccc2F)c1O. The number of hydrogen-bond acceptors (Lipinski definition) is 5. The number of nitrogens with one attached hydrogen (secondary N) is 1. The molecule has 0 saturated carbocycles. The standard InChI is InChI=1S/C22H20F2N4O4/c1-13-20(22(32)28(27-13)12-4-9-19(29)30)26-25-18-8-2-5-14(21(18)31)10-11-15-16(23)6-3-7-17(15)24/h2-3,5-8,10-11,27,31H,4,9,12H2,1H3,(H,29,30)/b11-10+,26-25?. The second-order valence-corrected chi connectivity index (χ2v) is 6.92. The molecular weight excluding hydrogens is 422 g/mol. The van der Waals surface area contributed by atoms with Crippen LogP contribution in [0.15, 0.2) is 51.4 Å². The number of carboxylic acids is 1. The van der Waals surface area contributed by atoms with E-state index in [1.54, 1.807) is 13.0 Å². The second-order valence-electron chi connectivity index (χ2n) is 6.92. The Hall–Kier alpha value is -4.08. The molecule has 0 spiro atoms. The minimum Gasteiger partial charge on any atom is -0.505 e. The molecule has 3 N–H and O–H groups in total. The minimum atomic E-state index is -0.955. The quantitative estimate of drug-likeness (QED) is 0.339. The molecule has 3 rings (SSSR count). The highest BCUT2D eigenvalue weighted by Crippen LogP contribution is 2.32. The lowest BCUT2D eigenvalue weighted by Crippen LogP contribution is -2.17. The number of rotatable bonds is 8. The van der Waals surface area contributed by atoms with E-state index in [9.17, 15) is 23.5 Å². The zero-order valence-electron chi connectivity index (χ0n) is 17.0. The molecule has 0 unspecified atom stereocenters. The van der Waals surface area contributed by atoms with Crippen LogP contribution in [0, 0.1) is 18.6 Å². The number of nitrogens with zero attached hydrogens (tertiary/aromatic N) is 3. The summed E-state index contributed by atoms with van der Waals surface area (Å²) in [7, 11) is 0. The summed E-state index contributed by atoms with van der Waals surface area (Å²) in [6, 6.07) is 8.07. The number of aromatic amines is 1. The number of H-pyrrole nitrogens is 1. The maximum absolute atomic E-state index is 13.8. The van der Waals surface area contributed by atoms with Crippen LogP contribution in [0.2, 0.25) is 0 Å². The van der Waals surface area contributed by atoms with Crippen molar-refractivity contribution in [1.82, 2.24) is 9.78 Å². The van der Waals surface area contributed by atoms with Crippen LogP contribution in [0.1, 0.15) is 29.7 Å². The summed E-state index contributed by atoms with van der Waals surface area (Å²) in [5, 5.41) is 29.8. The summed E-state index contributed by atoms with van der Waals surface area (Å²) >= 11 is 0. The van der Waals surface area contributed by atoms with Gasteiger partial charge in [0.05, 0.1) is 5.69 Å². The number of carbonyl (C=O) groups is 1. The number of phenolic OH excluding ortho intramolecular Hbond substituents is 1. The molecule has 0 radical (unpaired) electrons. The van der Waals surface area contributed by atoms with Crippen molar-refractivity contribution in [3.63, 3.8) is 0 Å². The highest BCUT2D eigenvalue weighted by atomic mass is 19.1. The number of aryl methyl sites for hydroxylation is 2. The Kier molecular flexibility index (Phi) is 6.93. The van der Waals surface area contributed by atoms with E-state index in [1.807, 2.05) is 0 Å². The van der Waals surface area contributed by atoms with Gasteiger partial charge in [0, 0.05) is 24.1 Å². The third-order valence-corrected chi connectivity index (χ3v) is 4.61. The van der Waals surface area contributed by atoms with E-state index >= 15 is 0 Å². The average Bonchev–Trinajstić information content (AvgIpc) is 3.00. The highest BCUT2D eigenvalue weighted by molar-refractivity contribution is 5.76. The van der Waals surface area contributed by atoms with E-state index in [2.05, 4.69) is 15.3 Å². The fourth-order valence-corrected chi connectivity index (χ4v) is 2.97. The van der Waals surface area contributed by atoms with Crippen LogP contribution >= 0.6 is 0 Å². The molecule has 0 fully saturated rings. The van der Waals surface area contributed by atoms with Crippen molar-refractivity contribution >= 4 is 29.5 Å². The van der Waals surface area contributed by atoms with Crippen molar-refractivity contribution in [2.24, 2.45) is 10.2 Å². The van der Waals surface area contributed by atoms with Crippen LogP contribution in [0.5, 0.6) is 5.75 Å². The van der Waals surface area contributed by atoms with Gasteiger partial charge in [0.25, 0.3) is 5.56 Å². The average molecular weight is 442 g/mol. The van der Waals surface area contributed by atoms with Crippen molar-refractivity contribution in [3.8, 4) is 5.75 Å². The van der Waals surface area contributed by atoms with E-state index in [1.165, 1.54) is 35.0 Å². The molecule has 0 saturated heterocycles. The summed E-state index contributed by atoms with van der Waals surface area (Å²) < 4.78 is 28.8. The Morgan fingerprint density at radius 1 is 1.12 bits per heavy atom. The van der Waals surface area contributed by atoms with Crippen molar-refractivity contribution < 1.29 is 23.8 Å². The van der Waals surface area contributed by atoms with Crippen LogP contribution < -0.4 is 5.56 Å². The van der Waals surface area contributed by atoms with Gasteiger partial charge in [0.2, 0.25) is 0 Å². The first kappa shape index (κ1) is 22.6. The molecule has 1 heterocycles. The molecule has 0 aliphatic carbocycles. The zero-order valence-corrected chi connectivity index (χ0v) is 17.0. The normalized spacial score (nSPS) is 11.6. The van der Waals surface area contributed by atoms with Crippen molar-refractivity contribution in [3.05, 3.63) is 75.2 Å². The monoisotopic (exact) mass is 442 g/mol. The number of halogens is 2. The van der Waals surface area contributed by atoms with E-state index in [4.69, 9.17) is 5.11 Å². The largest absolute Gasteiger partial charge is 0.505 e. The first-order valence-electron chi connectivity index (χ1n) is 9.65. The molecule has 166 valence electrons. The third-order valence-electron chi connectivity index (χ3n) is 4.61. The van der Waals surface area contributed by atoms with Gasteiger partial charge >= 0.3 is 5.97 Å². The molecule has 2 aromatic carbocycles. The molecular formula is C22H20F2N4O4. The third kappa shape index (κ3) is 5.15. The topological polar surface area (TPSA) is 120 Å². The maximum atomic E-state index is 13.8. The first-order chi connectivity index (χ1) is 15.3. The van der Waals surface area contributed by atoms with E-state index in [-0.39, 0.29) is 47.6 Å². The van der Waals surface area contributed by atoms with Gasteiger partial charge in [-0.3, -0.25) is 19.4 Å². The number of aromatic nitrogens is 2. The predicted octanol–water partition coefficient (Wildman–Crippen LogP) is 4.92. The summed E-state index contributed by atoms with van der Waals surface area (Å²) in [4.78, 5) is 23.1. The van der Waals surface area contributed by atoms with Crippen LogP contribution in [-0.4, -0.2) is 26.0 Å². The van der Waals surface area contributed by atoms with Crippen molar-refractivity contribution in [2.75, 3.05) is 0 Å². The Morgan fingerprint density at radius 3 is 2.50 bits per heavy atom. The molecule has 10 heteroatoms. The number of phenols is 1. The molecule has 8 nitrogen and oxygen atoms in total. The molecule has 1 aromatic heterocycles. The van der Waals surface area contributed by atoms with Gasteiger partial charge in [-0.25, -0.2) is 8.78 Å². The summed E-state index contributed by atoms with van der Waals surface area (Å²) in [6.45, 7) is 1.80. The molecule has 0 aliphatic heterocycles. The van der Waals surface area contributed by atoms with Crippen LogP contribution in [-0.2, 0) is 11.3 Å². The van der Waals surface area contributed by atoms with Gasteiger partial charge < -0.3 is 10.2 Å². The van der Waals surface area contributed by atoms with Crippen LogP contribution in [0.25, 0.3) is 12.2 Å². The van der Waals surface area contributed by atoms with Crippen molar-refractivity contribution in [2.45, 2.75) is 26.3 Å². The fraction of sp³-hybridized carbons (Fsp3) is 0.182. The molecule has 3 aromatic rings. The summed E-state index contributed by atoms with van der Waals surface area (Å²) in [6.07, 6.45) is 2.73. The van der Waals surface area contributed by atoms with Gasteiger partial charge in [0.1, 0.15) is 23.1 Å². The lowest BCUT2D eigenvalue weighted by molar-refractivity contribution is -0.137. The number of para-hydroxylation sites is 1. The minimum absolute atomic E-state index is 0.0223. The lowest BCUT2D eigenvalue weighted by Gasteiger charge is -2.03. The van der Waals surface area contributed by atoms with Gasteiger partial charge in [-0.1, -0.05) is 24.3 Å². The van der Waals surface area contributed by atoms with Crippen LogP contribution in [0.4, 0.5) is 20.2 Å². The smallest absolute Gasteiger partial charge is 0.303 e. The Labute approximate surface area is 181 Å². The Bertz CT molecular complexity index is 1240. The number of carboxylic acid groups (broad SMARTS) is 1. The van der Waals surface area contributed by atoms with Gasteiger partial charge in [-0.2, -0.15) is 0 Å². The van der Waals surface area contributed by atoms with E-state index in [0.29, 0.717) is 5.69 Å². The lowest BCUT2D eigenvalue weighted by atomic mass is 10.1. The van der Waals surface area contributed by atoms with Gasteiger partial charge in [-0.15, -0.1) is 10.2 Å². The van der Waals surface area contributed by atoms with E-state index in [0.717, 1.165) is 12.1 Å². The molecule has 0 bridgehead atoms. The first-order valence-corrected chi connectivity index (χ1v) is 9.65. The molecule has 0 atom stereocenters. The predicted molar refractivity (Wildman–Crippen MR) is 114 cm³/mol. The second kappa shape index (κ2) is 9.82. The van der Waals surface area contributed by atoms with E-state index < -0.39 is 23.2 Å². The fourth-order valence-electron chi connectivity index (χ4n) is 2.97. The van der Waals surface area contributed by atoms with Crippen molar-refractivity contribution in [1.29, 1.82) is 0 Å². The number of aliphatic carboxylic acids is 1. The van der Waals surface area contributed by atoms with Gasteiger partial charge in [-0.05, 0) is 37.6 Å². The number of benzene rings is 2. The summed E-state index contributed by atoms with van der Waals surface area (Å²) in [5.74, 6) is -2.71. The number of aromatic hydroxyl groups is 1. The molecule has 32 heavy (non-hydrogen) atoms. The molecule has 0 amide bonds.